The van der Waals surface area contributed by atoms with Gasteiger partial charge in [-0.3, -0.25) is 4.79 Å². The van der Waals surface area contributed by atoms with E-state index in [1.807, 2.05) is 0 Å². The van der Waals surface area contributed by atoms with Gasteiger partial charge < -0.3 is 15.7 Å². The van der Waals surface area contributed by atoms with Crippen molar-refractivity contribution >= 4 is 5.91 Å². The Morgan fingerprint density at radius 1 is 1.77 bits per heavy atom. The normalized spacial score (nSPS) is 27.2. The van der Waals surface area contributed by atoms with Crippen LogP contribution >= 0.6 is 0 Å². The molecule has 0 radical (unpaired) electrons. The molecule has 1 aliphatic rings. The summed E-state index contributed by atoms with van der Waals surface area (Å²) in [6, 6.07) is -0.222. The Morgan fingerprint density at radius 3 is 3.08 bits per heavy atom. The van der Waals surface area contributed by atoms with Gasteiger partial charge in [-0.25, -0.2) is 0 Å². The standard InChI is InChI=1S/C9H16N2O2/c1-2-3-4-10-9(13)8-5-7(12)6-11-8/h2,7-8,11-12H,1,3-6H2,(H,10,13). The molecular weight excluding hydrogens is 168 g/mol. The number of rotatable bonds is 4. The highest BCUT2D eigenvalue weighted by molar-refractivity contribution is 5.82. The lowest BCUT2D eigenvalue weighted by atomic mass is 10.2. The minimum Gasteiger partial charge on any atom is -0.392 e. The minimum absolute atomic E-state index is 0.0293. The third kappa shape index (κ3) is 3.16. The van der Waals surface area contributed by atoms with Crippen molar-refractivity contribution in [3.05, 3.63) is 12.7 Å². The first-order valence-corrected chi connectivity index (χ1v) is 4.54. The van der Waals surface area contributed by atoms with Crippen LogP contribution in [0.2, 0.25) is 0 Å². The molecule has 1 fully saturated rings. The van der Waals surface area contributed by atoms with Crippen molar-refractivity contribution in [3.8, 4) is 0 Å². The zero-order chi connectivity index (χ0) is 9.68. The van der Waals surface area contributed by atoms with E-state index in [-0.39, 0.29) is 18.1 Å². The van der Waals surface area contributed by atoms with Crippen molar-refractivity contribution in [2.45, 2.75) is 25.0 Å². The third-order valence-electron chi connectivity index (χ3n) is 2.07. The molecule has 13 heavy (non-hydrogen) atoms. The molecule has 3 N–H and O–H groups in total. The van der Waals surface area contributed by atoms with Gasteiger partial charge in [0, 0.05) is 13.1 Å². The Bertz CT molecular complexity index is 194. The van der Waals surface area contributed by atoms with Gasteiger partial charge in [-0.1, -0.05) is 6.08 Å². The second-order valence-corrected chi connectivity index (χ2v) is 3.22. The Morgan fingerprint density at radius 2 is 2.54 bits per heavy atom. The van der Waals surface area contributed by atoms with Crippen LogP contribution in [-0.2, 0) is 4.79 Å². The number of β-amino-alcohol motifs (C(OH)–C–C–N with tert-alkyl or cyclic N) is 1. The van der Waals surface area contributed by atoms with Crippen molar-refractivity contribution in [1.82, 2.24) is 10.6 Å². The lowest BCUT2D eigenvalue weighted by molar-refractivity contribution is -0.122. The van der Waals surface area contributed by atoms with Gasteiger partial charge in [0.05, 0.1) is 12.1 Å². The maximum Gasteiger partial charge on any atom is 0.237 e. The fraction of sp³-hybridized carbons (Fsp3) is 0.667. The van der Waals surface area contributed by atoms with Crippen LogP contribution in [0.4, 0.5) is 0 Å². The number of hydrogen-bond donors (Lipinski definition) is 3. The van der Waals surface area contributed by atoms with E-state index in [1.165, 1.54) is 0 Å². The lowest BCUT2D eigenvalue weighted by Crippen LogP contribution is -2.40. The van der Waals surface area contributed by atoms with Crippen molar-refractivity contribution in [2.75, 3.05) is 13.1 Å². The van der Waals surface area contributed by atoms with E-state index in [0.717, 1.165) is 6.42 Å². The number of amides is 1. The zero-order valence-corrected chi connectivity index (χ0v) is 7.62. The predicted molar refractivity (Wildman–Crippen MR) is 50.2 cm³/mol. The lowest BCUT2D eigenvalue weighted by Gasteiger charge is -2.09. The molecule has 0 aromatic heterocycles. The molecule has 4 heteroatoms. The molecule has 2 unspecified atom stereocenters. The molecule has 0 aliphatic carbocycles. The predicted octanol–water partition coefficient (Wildman–Crippen LogP) is -0.598. The molecule has 1 saturated heterocycles. The molecular formula is C9H16N2O2. The third-order valence-corrected chi connectivity index (χ3v) is 2.07. The van der Waals surface area contributed by atoms with Crippen LogP contribution in [0, 0.1) is 0 Å². The molecule has 0 bridgehead atoms. The Labute approximate surface area is 78.0 Å². The van der Waals surface area contributed by atoms with E-state index < -0.39 is 0 Å². The van der Waals surface area contributed by atoms with E-state index in [1.54, 1.807) is 6.08 Å². The topological polar surface area (TPSA) is 61.4 Å². The summed E-state index contributed by atoms with van der Waals surface area (Å²) in [5, 5.41) is 14.9. The van der Waals surface area contributed by atoms with Crippen LogP contribution in [0.5, 0.6) is 0 Å². The van der Waals surface area contributed by atoms with Gasteiger partial charge in [0.25, 0.3) is 0 Å². The highest BCUT2D eigenvalue weighted by atomic mass is 16.3. The van der Waals surface area contributed by atoms with Crippen molar-refractivity contribution in [3.63, 3.8) is 0 Å². The van der Waals surface area contributed by atoms with Crippen LogP contribution in [-0.4, -0.2) is 36.2 Å². The number of carbonyl (C=O) groups excluding carboxylic acids is 1. The summed E-state index contributed by atoms with van der Waals surface area (Å²) in [6.45, 7) is 4.70. The molecule has 0 aromatic carbocycles. The SMILES string of the molecule is C=CCCNC(=O)C1CC(O)CN1. The molecule has 1 heterocycles. The molecule has 74 valence electrons. The molecule has 2 atom stereocenters. The zero-order valence-electron chi connectivity index (χ0n) is 7.62. The number of aliphatic hydroxyl groups excluding tert-OH is 1. The van der Waals surface area contributed by atoms with Crippen molar-refractivity contribution in [1.29, 1.82) is 0 Å². The Kier molecular flexibility index (Phi) is 3.92. The number of aliphatic hydroxyl groups is 1. The minimum atomic E-state index is -0.379. The average molecular weight is 184 g/mol. The largest absolute Gasteiger partial charge is 0.392 e. The van der Waals surface area contributed by atoms with E-state index in [9.17, 15) is 4.79 Å². The van der Waals surface area contributed by atoms with Gasteiger partial charge in [-0.15, -0.1) is 6.58 Å². The van der Waals surface area contributed by atoms with Gasteiger partial charge in [0.15, 0.2) is 0 Å². The quantitative estimate of drug-likeness (QED) is 0.404. The summed E-state index contributed by atoms with van der Waals surface area (Å²) in [6.07, 6.45) is 2.67. The van der Waals surface area contributed by atoms with Crippen molar-refractivity contribution < 1.29 is 9.90 Å². The summed E-state index contributed by atoms with van der Waals surface area (Å²) in [5.74, 6) is -0.0293. The Balaban J connectivity index is 2.19. The summed E-state index contributed by atoms with van der Waals surface area (Å²) < 4.78 is 0. The second-order valence-electron chi connectivity index (χ2n) is 3.22. The van der Waals surface area contributed by atoms with Gasteiger partial charge in [-0.2, -0.15) is 0 Å². The molecule has 0 saturated carbocycles. The Hall–Kier alpha value is -0.870. The molecule has 0 aromatic rings. The van der Waals surface area contributed by atoms with E-state index in [4.69, 9.17) is 5.11 Å². The maximum atomic E-state index is 11.3. The average Bonchev–Trinajstić information content (AvgIpc) is 2.52. The number of carbonyl (C=O) groups is 1. The highest BCUT2D eigenvalue weighted by Crippen LogP contribution is 2.05. The van der Waals surface area contributed by atoms with E-state index in [2.05, 4.69) is 17.2 Å². The fourth-order valence-electron chi connectivity index (χ4n) is 1.34. The van der Waals surface area contributed by atoms with Crippen LogP contribution in [0.1, 0.15) is 12.8 Å². The van der Waals surface area contributed by atoms with Gasteiger partial charge in [0.1, 0.15) is 0 Å². The van der Waals surface area contributed by atoms with Crippen molar-refractivity contribution in [2.24, 2.45) is 0 Å². The van der Waals surface area contributed by atoms with Gasteiger partial charge in [-0.05, 0) is 12.8 Å². The van der Waals surface area contributed by atoms with Crippen LogP contribution in [0.15, 0.2) is 12.7 Å². The van der Waals surface area contributed by atoms with Gasteiger partial charge in [0.2, 0.25) is 5.91 Å². The first kappa shape index (κ1) is 10.2. The molecule has 0 spiro atoms. The van der Waals surface area contributed by atoms with Crippen LogP contribution in [0.25, 0.3) is 0 Å². The number of hydrogen-bond acceptors (Lipinski definition) is 3. The maximum absolute atomic E-state index is 11.3. The first-order chi connectivity index (χ1) is 6.24. The highest BCUT2D eigenvalue weighted by Gasteiger charge is 2.27. The monoisotopic (exact) mass is 184 g/mol. The smallest absolute Gasteiger partial charge is 0.237 e. The van der Waals surface area contributed by atoms with Gasteiger partial charge >= 0.3 is 0 Å². The second kappa shape index (κ2) is 4.99. The molecule has 1 amide bonds. The van der Waals surface area contributed by atoms with E-state index in [0.29, 0.717) is 19.5 Å². The number of nitrogens with one attached hydrogen (secondary N) is 2. The van der Waals surface area contributed by atoms with Crippen LogP contribution in [0.3, 0.4) is 0 Å². The van der Waals surface area contributed by atoms with E-state index >= 15 is 0 Å². The molecule has 4 nitrogen and oxygen atoms in total. The summed E-state index contributed by atoms with van der Waals surface area (Å²) >= 11 is 0. The summed E-state index contributed by atoms with van der Waals surface area (Å²) in [5.41, 5.74) is 0. The van der Waals surface area contributed by atoms with Crippen LogP contribution < -0.4 is 10.6 Å². The first-order valence-electron chi connectivity index (χ1n) is 4.54. The fourth-order valence-corrected chi connectivity index (χ4v) is 1.34. The molecule has 1 rings (SSSR count). The molecule has 1 aliphatic heterocycles. The summed E-state index contributed by atoms with van der Waals surface area (Å²) in [4.78, 5) is 11.3. The summed E-state index contributed by atoms with van der Waals surface area (Å²) in [7, 11) is 0.